The molecule has 1 fully saturated rings. The summed E-state index contributed by atoms with van der Waals surface area (Å²) < 4.78 is 46.0. The van der Waals surface area contributed by atoms with Crippen molar-refractivity contribution >= 4 is 54.3 Å². The maximum atomic E-state index is 14.4. The molecule has 0 bridgehead atoms. The SMILES string of the molecule is C/C(=C\C(=O)N[C@H]1CCc2cccc3c2N(C1=O)[C@H](C(=O)N[C@@H](CCC(N)=O)[C@@H](C)OCc1ccc(CCCCC(=O)N[C@H](C(=O)N2C[C@H](O)C[C@H]2C)C(C)(C)C)cc1)C3)c1ccc(C(F)(F)P(=O)(O)O)cc1. The van der Waals surface area contributed by atoms with E-state index in [1.165, 1.54) is 23.1 Å². The van der Waals surface area contributed by atoms with Crippen LogP contribution >= 0.6 is 7.60 Å². The Morgan fingerprint density at radius 2 is 1.60 bits per heavy atom. The number of aliphatic hydroxyl groups is 1. The molecular formula is C53H69F2N6O11P. The molecule has 0 aliphatic carbocycles. The number of likely N-dealkylation sites (tertiary alicyclic amines) is 1. The minimum absolute atomic E-state index is 0.0457. The van der Waals surface area contributed by atoms with Crippen molar-refractivity contribution in [2.24, 2.45) is 11.1 Å². The van der Waals surface area contributed by atoms with E-state index in [2.05, 4.69) is 16.0 Å². The third-order valence-electron chi connectivity index (χ3n) is 13.9. The van der Waals surface area contributed by atoms with E-state index in [-0.39, 0.29) is 63.1 Å². The Morgan fingerprint density at radius 3 is 2.22 bits per heavy atom. The number of anilines is 1. The third-order valence-corrected chi connectivity index (χ3v) is 14.9. The minimum atomic E-state index is -5.78. The van der Waals surface area contributed by atoms with Gasteiger partial charge < -0.3 is 46.2 Å². The number of primary amides is 1. The van der Waals surface area contributed by atoms with Crippen LogP contribution in [0.15, 0.2) is 72.8 Å². The van der Waals surface area contributed by atoms with E-state index < -0.39 is 84.2 Å². The monoisotopic (exact) mass is 1030 g/mol. The van der Waals surface area contributed by atoms with Crippen molar-refractivity contribution in [3.8, 4) is 0 Å². The summed E-state index contributed by atoms with van der Waals surface area (Å²) in [4.78, 5) is 102. The molecule has 3 heterocycles. The first-order valence-corrected chi connectivity index (χ1v) is 26.4. The summed E-state index contributed by atoms with van der Waals surface area (Å²) in [6.45, 7) is 11.4. The first-order chi connectivity index (χ1) is 34.2. The topological polar surface area (TPSA) is 258 Å². The lowest BCUT2D eigenvalue weighted by Crippen LogP contribution is -2.56. The standard InChI is InChI=1S/C53H69F2N6O11P/c1-31(36-18-21-39(22-19-36)53(54,55)73(69,70)71)26-46(65)57-42-23-20-37-11-9-12-38-28-43(61(47(37)38)50(42)67)49(66)58-41(24-25-44(56)63)33(3)72-30-35-16-14-34(15-17-35)10-7-8-13-45(64)59-48(52(4,5)6)51(68)60-29-40(62)27-32(60)2/h9,11-12,14-19,21-22,26,32-33,40-43,48,62H,7-8,10,13,20,23-25,27-30H2,1-6H3,(H2,56,63)(H,57,65)(H,58,66)(H,59,64)(H2,69,70,71)/b31-26+/t32-,33-,40-,41+,42+,43+,48-/m1/s1. The molecule has 0 aromatic heterocycles. The lowest BCUT2D eigenvalue weighted by atomic mass is 9.85. The Balaban J connectivity index is 1.03. The number of hydrogen-bond acceptors (Lipinski definition) is 9. The molecule has 3 aliphatic heterocycles. The summed E-state index contributed by atoms with van der Waals surface area (Å²) in [7, 11) is -5.78. The zero-order valence-corrected chi connectivity index (χ0v) is 43.1. The van der Waals surface area contributed by atoms with E-state index in [0.717, 1.165) is 47.2 Å². The number of aryl methyl sites for hydroxylation is 2. The second-order valence-corrected chi connectivity index (χ2v) is 22.3. The van der Waals surface area contributed by atoms with Gasteiger partial charge in [-0.05, 0) is 105 Å². The van der Waals surface area contributed by atoms with E-state index in [4.69, 9.17) is 20.3 Å². The number of benzene rings is 3. The number of amides is 6. The van der Waals surface area contributed by atoms with Crippen LogP contribution in [-0.4, -0.2) is 104 Å². The molecule has 1 saturated heterocycles. The van der Waals surface area contributed by atoms with Gasteiger partial charge in [0.05, 0.1) is 30.5 Å². The van der Waals surface area contributed by atoms with Crippen LogP contribution in [0.5, 0.6) is 0 Å². The smallest absolute Gasteiger partial charge is 0.391 e. The van der Waals surface area contributed by atoms with Crippen molar-refractivity contribution < 1.29 is 61.7 Å². The second kappa shape index (κ2) is 23.6. The molecule has 8 N–H and O–H groups in total. The van der Waals surface area contributed by atoms with Gasteiger partial charge in [0.25, 0.3) is 0 Å². The first-order valence-electron chi connectivity index (χ1n) is 24.8. The molecular weight excluding hydrogens is 966 g/mol. The Morgan fingerprint density at radius 1 is 0.945 bits per heavy atom. The van der Waals surface area contributed by atoms with Crippen LogP contribution in [0.25, 0.3) is 5.57 Å². The molecule has 3 aromatic rings. The fraction of sp³-hybridized carbons (Fsp3) is 0.509. The highest BCUT2D eigenvalue weighted by molar-refractivity contribution is 7.52. The number of hydrogen-bond donors (Lipinski definition) is 7. The average molecular weight is 1040 g/mol. The minimum Gasteiger partial charge on any atom is -0.391 e. The molecule has 6 rings (SSSR count). The van der Waals surface area contributed by atoms with Crippen molar-refractivity contribution in [1.82, 2.24) is 20.9 Å². The van der Waals surface area contributed by atoms with Crippen molar-refractivity contribution in [1.29, 1.82) is 0 Å². The average Bonchev–Trinajstić information content (AvgIpc) is 3.85. The van der Waals surface area contributed by atoms with Gasteiger partial charge in [0, 0.05) is 43.5 Å². The van der Waals surface area contributed by atoms with Crippen LogP contribution < -0.4 is 26.6 Å². The predicted molar refractivity (Wildman–Crippen MR) is 269 cm³/mol. The quantitative estimate of drug-likeness (QED) is 0.0410. The number of alkyl halides is 2. The summed E-state index contributed by atoms with van der Waals surface area (Å²) in [5, 5.41) is 18.8. The number of nitrogens with zero attached hydrogens (tertiary/aromatic N) is 2. The molecule has 3 aromatic carbocycles. The van der Waals surface area contributed by atoms with Crippen molar-refractivity contribution in [3.63, 3.8) is 0 Å². The highest BCUT2D eigenvalue weighted by Crippen LogP contribution is 2.59. The number of rotatable bonds is 21. The number of carbonyl (C=O) groups is 6. The van der Waals surface area contributed by atoms with Gasteiger partial charge in [0.2, 0.25) is 35.4 Å². The largest absolute Gasteiger partial charge is 0.399 e. The molecule has 20 heteroatoms. The normalized spacial score (nSPS) is 20.4. The number of unbranched alkanes of at least 4 members (excludes halogenated alkanes) is 1. The van der Waals surface area contributed by atoms with Gasteiger partial charge in [-0.25, -0.2) is 0 Å². The van der Waals surface area contributed by atoms with Crippen molar-refractivity contribution in [3.05, 3.63) is 106 Å². The van der Waals surface area contributed by atoms with Crippen LogP contribution in [-0.2, 0) is 69.6 Å². The number of β-amino-alcohol motifs (C(OH)–C–C–N with tert-alkyl or cyclic N) is 1. The Labute approximate surface area is 424 Å². The lowest BCUT2D eigenvalue weighted by Gasteiger charge is -2.35. The number of carbonyl (C=O) groups excluding carboxylic acids is 6. The van der Waals surface area contributed by atoms with Gasteiger partial charge in [-0.3, -0.25) is 38.2 Å². The summed E-state index contributed by atoms with van der Waals surface area (Å²) in [6.07, 6.45) is 3.80. The van der Waals surface area contributed by atoms with Gasteiger partial charge in [-0.15, -0.1) is 0 Å². The molecule has 3 aliphatic rings. The summed E-state index contributed by atoms with van der Waals surface area (Å²) in [5.41, 5.74) is 4.52. The van der Waals surface area contributed by atoms with Crippen LogP contribution in [0.3, 0.4) is 0 Å². The molecule has 7 atom stereocenters. The van der Waals surface area contributed by atoms with Crippen LogP contribution in [0, 0.1) is 5.41 Å². The Bertz CT molecular complexity index is 2600. The Hall–Kier alpha value is -5.85. The van der Waals surface area contributed by atoms with Gasteiger partial charge in [0.1, 0.15) is 18.1 Å². The summed E-state index contributed by atoms with van der Waals surface area (Å²) >= 11 is 0. The van der Waals surface area contributed by atoms with E-state index >= 15 is 0 Å². The van der Waals surface area contributed by atoms with Crippen molar-refractivity contribution in [2.45, 2.75) is 160 Å². The first kappa shape index (κ1) is 56.4. The van der Waals surface area contributed by atoms with Crippen LogP contribution in [0.1, 0.15) is 120 Å². The third kappa shape index (κ3) is 14.1. The number of nitrogens with two attached hydrogens (primary N) is 1. The maximum absolute atomic E-state index is 14.4. The maximum Gasteiger partial charge on any atom is 0.399 e. The van der Waals surface area contributed by atoms with Gasteiger partial charge >= 0.3 is 13.3 Å². The molecule has 396 valence electrons. The number of aliphatic hydroxyl groups excluding tert-OH is 1. The van der Waals surface area contributed by atoms with E-state index in [1.54, 1.807) is 18.7 Å². The highest BCUT2D eigenvalue weighted by atomic mass is 31.2. The van der Waals surface area contributed by atoms with Gasteiger partial charge in [-0.1, -0.05) is 87.5 Å². The van der Waals surface area contributed by atoms with E-state index in [9.17, 15) is 47.2 Å². The zero-order valence-electron chi connectivity index (χ0n) is 42.2. The number of nitrogens with one attached hydrogen (secondary N) is 3. The highest BCUT2D eigenvalue weighted by Gasteiger charge is 2.50. The molecule has 6 amide bonds. The molecule has 0 spiro atoms. The van der Waals surface area contributed by atoms with Gasteiger partial charge in [0.15, 0.2) is 0 Å². The number of para-hydroxylation sites is 1. The fourth-order valence-electron chi connectivity index (χ4n) is 9.69. The number of halogens is 2. The zero-order chi connectivity index (χ0) is 53.6. The molecule has 73 heavy (non-hydrogen) atoms. The number of ether oxygens (including phenoxy) is 1. The summed E-state index contributed by atoms with van der Waals surface area (Å²) in [5.74, 6) is -2.60. The Kier molecular flexibility index (Phi) is 18.2. The molecule has 0 saturated carbocycles. The molecule has 17 nitrogen and oxygen atoms in total. The second-order valence-electron chi connectivity index (χ2n) is 20.7. The van der Waals surface area contributed by atoms with Gasteiger partial charge in [-0.2, -0.15) is 8.78 Å². The van der Waals surface area contributed by atoms with Crippen molar-refractivity contribution in [2.75, 3.05) is 11.4 Å². The van der Waals surface area contributed by atoms with E-state index in [1.807, 2.05) is 70.2 Å². The predicted octanol–water partition coefficient (Wildman–Crippen LogP) is 5.29. The molecule has 0 radical (unpaired) electrons. The molecule has 0 unspecified atom stereocenters. The summed E-state index contributed by atoms with van der Waals surface area (Å²) in [6, 6.07) is 14.0. The lowest BCUT2D eigenvalue weighted by molar-refractivity contribution is -0.140. The van der Waals surface area contributed by atoms with Crippen LogP contribution in [0.2, 0.25) is 0 Å². The fourth-order valence-corrected chi connectivity index (χ4v) is 10.2. The van der Waals surface area contributed by atoms with E-state index in [0.29, 0.717) is 36.1 Å². The number of allylic oxidation sites excluding steroid dienone is 1. The van der Waals surface area contributed by atoms with Crippen LogP contribution in [0.4, 0.5) is 14.5 Å².